The molecule has 0 rings (SSSR count). The van der Waals surface area contributed by atoms with Gasteiger partial charge in [0.25, 0.3) is 10.1 Å². The molecule has 0 aromatic carbocycles. The largest absolute Gasteiger partial charge is 0.345 e. The third-order valence-corrected chi connectivity index (χ3v) is 2.11. The van der Waals surface area contributed by atoms with Crippen LogP contribution in [0.4, 0.5) is 0 Å². The first-order valence-electron chi connectivity index (χ1n) is 3.56. The van der Waals surface area contributed by atoms with Gasteiger partial charge in [0.15, 0.2) is 0 Å². The number of carbonyl (C=O) groups is 1. The highest BCUT2D eigenvalue weighted by molar-refractivity contribution is 7.85. The number of carbonyl (C=O) groups excluding carboxylic acids is 1. The van der Waals surface area contributed by atoms with Gasteiger partial charge in [-0.2, -0.15) is 8.42 Å². The summed E-state index contributed by atoms with van der Waals surface area (Å²) in [4.78, 5) is 12.1. The molecule has 1 amide bonds. The highest BCUT2D eigenvalue weighted by Crippen LogP contribution is 1.91. The topological polar surface area (TPSA) is 74.7 Å². The van der Waals surface area contributed by atoms with Gasteiger partial charge in [-0.05, 0) is 0 Å². The van der Waals surface area contributed by atoms with Gasteiger partial charge < -0.3 is 4.90 Å². The highest BCUT2D eigenvalue weighted by Gasteiger charge is 2.10. The first kappa shape index (κ1) is 11.4. The lowest BCUT2D eigenvalue weighted by Crippen LogP contribution is -2.30. The lowest BCUT2D eigenvalue weighted by molar-refractivity contribution is -0.129. The molecule has 12 heavy (non-hydrogen) atoms. The van der Waals surface area contributed by atoms with Gasteiger partial charge in [-0.15, -0.1) is 0 Å². The molecule has 0 aliphatic heterocycles. The highest BCUT2D eigenvalue weighted by atomic mass is 32.2. The summed E-state index contributed by atoms with van der Waals surface area (Å²) in [7, 11) is -2.46. The van der Waals surface area contributed by atoms with Crippen molar-refractivity contribution in [3.63, 3.8) is 0 Å². The monoisotopic (exact) mass is 195 g/mol. The van der Waals surface area contributed by atoms with Crippen LogP contribution in [0.3, 0.4) is 0 Å². The van der Waals surface area contributed by atoms with Gasteiger partial charge in [0, 0.05) is 20.0 Å². The Morgan fingerprint density at radius 3 is 2.33 bits per heavy atom. The van der Waals surface area contributed by atoms with E-state index in [1.807, 2.05) is 0 Å². The van der Waals surface area contributed by atoms with E-state index in [2.05, 4.69) is 0 Å². The summed E-state index contributed by atoms with van der Waals surface area (Å²) < 4.78 is 28.9. The second-order valence-corrected chi connectivity index (χ2v) is 4.03. The Hall–Kier alpha value is -0.620. The number of hydrogen-bond donors (Lipinski definition) is 1. The Morgan fingerprint density at radius 2 is 2.00 bits per heavy atom. The normalized spacial score (nSPS) is 11.2. The SMILES string of the molecule is CCC(=O)N(C)CCS(=O)(=O)O. The fraction of sp³-hybridized carbons (Fsp3) is 0.833. The molecule has 0 radical (unpaired) electrons. The fourth-order valence-electron chi connectivity index (χ4n) is 0.647. The predicted octanol–water partition coefficient (Wildman–Crippen LogP) is -0.257. The van der Waals surface area contributed by atoms with Gasteiger partial charge in [-0.1, -0.05) is 6.92 Å². The van der Waals surface area contributed by atoms with E-state index in [4.69, 9.17) is 4.55 Å². The molecule has 0 saturated carbocycles. The van der Waals surface area contributed by atoms with Gasteiger partial charge in [-0.3, -0.25) is 9.35 Å². The summed E-state index contributed by atoms with van der Waals surface area (Å²) in [5.41, 5.74) is 0. The molecule has 0 spiro atoms. The van der Waals surface area contributed by atoms with E-state index >= 15 is 0 Å². The lowest BCUT2D eigenvalue weighted by atomic mass is 10.4. The summed E-state index contributed by atoms with van der Waals surface area (Å²) >= 11 is 0. The third kappa shape index (κ3) is 5.09. The smallest absolute Gasteiger partial charge is 0.266 e. The zero-order valence-corrected chi connectivity index (χ0v) is 7.97. The molecule has 72 valence electrons. The average molecular weight is 195 g/mol. The molecule has 0 fully saturated rings. The molecule has 0 unspecified atom stereocenters. The molecular formula is C6H13NO4S. The van der Waals surface area contributed by atoms with Crippen molar-refractivity contribution in [2.24, 2.45) is 0 Å². The molecular weight excluding hydrogens is 182 g/mol. The van der Waals surface area contributed by atoms with Gasteiger partial charge >= 0.3 is 0 Å². The van der Waals surface area contributed by atoms with Crippen LogP contribution in [0.1, 0.15) is 13.3 Å². The number of amides is 1. The Labute approximate surface area is 72.1 Å². The van der Waals surface area contributed by atoms with Crippen LogP contribution in [0.15, 0.2) is 0 Å². The van der Waals surface area contributed by atoms with Crippen LogP contribution in [0.25, 0.3) is 0 Å². The van der Waals surface area contributed by atoms with Crippen molar-refractivity contribution in [1.82, 2.24) is 4.90 Å². The van der Waals surface area contributed by atoms with Crippen LogP contribution in [-0.4, -0.2) is 43.1 Å². The van der Waals surface area contributed by atoms with E-state index in [1.54, 1.807) is 6.92 Å². The van der Waals surface area contributed by atoms with Crippen molar-refractivity contribution in [1.29, 1.82) is 0 Å². The summed E-state index contributed by atoms with van der Waals surface area (Å²) in [5, 5.41) is 0. The van der Waals surface area contributed by atoms with Gasteiger partial charge in [-0.25, -0.2) is 0 Å². The Kier molecular flexibility index (Phi) is 4.19. The molecule has 0 aliphatic rings. The van der Waals surface area contributed by atoms with Crippen LogP contribution >= 0.6 is 0 Å². The van der Waals surface area contributed by atoms with Crippen LogP contribution in [0.5, 0.6) is 0 Å². The van der Waals surface area contributed by atoms with Crippen molar-refractivity contribution in [3.8, 4) is 0 Å². The van der Waals surface area contributed by atoms with E-state index in [0.29, 0.717) is 6.42 Å². The van der Waals surface area contributed by atoms with Crippen LogP contribution in [-0.2, 0) is 14.9 Å². The number of rotatable bonds is 4. The maximum atomic E-state index is 10.9. The average Bonchev–Trinajstić information content (AvgIpc) is 1.97. The fourth-order valence-corrected chi connectivity index (χ4v) is 1.15. The molecule has 0 aliphatic carbocycles. The maximum Gasteiger partial charge on any atom is 0.266 e. The van der Waals surface area contributed by atoms with Crippen molar-refractivity contribution >= 4 is 16.0 Å². The first-order valence-corrected chi connectivity index (χ1v) is 5.17. The molecule has 6 heteroatoms. The quantitative estimate of drug-likeness (QED) is 0.627. The summed E-state index contributed by atoms with van der Waals surface area (Å²) in [6.45, 7) is 1.72. The Morgan fingerprint density at radius 1 is 1.50 bits per heavy atom. The second-order valence-electron chi connectivity index (χ2n) is 2.45. The predicted molar refractivity (Wildman–Crippen MR) is 44.3 cm³/mol. The Bertz CT molecular complexity index is 246. The third-order valence-electron chi connectivity index (χ3n) is 1.41. The first-order chi connectivity index (χ1) is 5.37. The van der Waals surface area contributed by atoms with E-state index in [-0.39, 0.29) is 12.5 Å². The minimum Gasteiger partial charge on any atom is -0.345 e. The maximum absolute atomic E-state index is 10.9. The van der Waals surface area contributed by atoms with Gasteiger partial charge in [0.2, 0.25) is 5.91 Å². The second kappa shape index (κ2) is 4.42. The Balaban J connectivity index is 3.88. The number of nitrogens with zero attached hydrogens (tertiary/aromatic N) is 1. The summed E-state index contributed by atoms with van der Waals surface area (Å²) in [5.74, 6) is -0.548. The molecule has 0 aromatic heterocycles. The minimum absolute atomic E-state index is 0.0332. The lowest BCUT2D eigenvalue weighted by Gasteiger charge is -2.14. The van der Waals surface area contributed by atoms with Crippen molar-refractivity contribution in [2.45, 2.75) is 13.3 Å². The molecule has 0 aromatic rings. The zero-order chi connectivity index (χ0) is 9.78. The van der Waals surface area contributed by atoms with Crippen LogP contribution in [0.2, 0.25) is 0 Å². The van der Waals surface area contributed by atoms with Gasteiger partial charge in [0.1, 0.15) is 0 Å². The molecule has 1 N–H and O–H groups in total. The van der Waals surface area contributed by atoms with E-state index in [0.717, 1.165) is 0 Å². The molecule has 0 saturated heterocycles. The van der Waals surface area contributed by atoms with Crippen LogP contribution in [0, 0.1) is 0 Å². The van der Waals surface area contributed by atoms with Crippen molar-refractivity contribution < 1.29 is 17.8 Å². The van der Waals surface area contributed by atoms with Gasteiger partial charge in [0.05, 0.1) is 5.75 Å². The summed E-state index contributed by atoms with van der Waals surface area (Å²) in [6.07, 6.45) is 0.335. The molecule has 0 heterocycles. The molecule has 0 atom stereocenters. The molecule has 5 nitrogen and oxygen atoms in total. The molecule has 0 bridgehead atoms. The van der Waals surface area contributed by atoms with Crippen molar-refractivity contribution in [2.75, 3.05) is 19.3 Å². The number of hydrogen-bond acceptors (Lipinski definition) is 3. The van der Waals surface area contributed by atoms with E-state index < -0.39 is 15.9 Å². The van der Waals surface area contributed by atoms with E-state index in [9.17, 15) is 13.2 Å². The van der Waals surface area contributed by atoms with Crippen LogP contribution < -0.4 is 0 Å². The standard InChI is InChI=1S/C6H13NO4S/c1-3-6(8)7(2)4-5-12(9,10)11/h3-5H2,1-2H3,(H,9,10,11). The minimum atomic E-state index is -3.95. The van der Waals surface area contributed by atoms with Crippen molar-refractivity contribution in [3.05, 3.63) is 0 Å². The van der Waals surface area contributed by atoms with E-state index in [1.165, 1.54) is 11.9 Å². The zero-order valence-electron chi connectivity index (χ0n) is 7.15. The summed E-state index contributed by atoms with van der Waals surface area (Å²) in [6, 6.07) is 0.